The van der Waals surface area contributed by atoms with Crippen molar-refractivity contribution in [3.63, 3.8) is 0 Å². The van der Waals surface area contributed by atoms with Crippen molar-refractivity contribution in [2.24, 2.45) is 17.6 Å². The van der Waals surface area contributed by atoms with Gasteiger partial charge in [-0.3, -0.25) is 24.0 Å². The molecule has 2 saturated carbocycles. The fourth-order valence-corrected chi connectivity index (χ4v) is 15.6. The Morgan fingerprint density at radius 2 is 0.763 bits per heavy atom. The van der Waals surface area contributed by atoms with E-state index in [1.807, 2.05) is 199 Å². The van der Waals surface area contributed by atoms with Crippen molar-refractivity contribution in [2.45, 2.75) is 127 Å². The number of rotatable bonds is 18. The standard InChI is InChI=1S/C33H29FN4O3.C29H27FN4O2.C25H23FN4O.C4H6O2.H2/c1-33(26-12-17-29-25(18-26)20-35-38(29)28-15-13-27(34)14-16-28)30(36-32(40)41-22-24-10-6-3-7-11-24)19-31(39)37(33)21-23-8-4-2-5-9-23;1-29(22-9-14-25-21(15-22)17-31-34(25)24-12-10-23(30)11-13-24)26(32-28(36)20-7-8-20)16-27(35)33(29)18-19-5-3-2-4-6-19;1-25(23(27)14-24(31)29(25)16-17-5-3-2-4-6-17)19-7-12-22-18(13-19)15-28-30(22)21-10-8-20(26)9-11-21;5-4(6)3-1-2-3;/h2-18,20,30H,19,21-22H2,1H3,(H,36,40);2-6,9-15,17,20,26H,7-8,16,18H2,1H3,(H,32,36);2-13,15,23H,14,16,27H2,1H3;3H,1-2H2,(H,5,6);1H/t30-,33+;26-,29+;23-,25+;;/m000../s1. The van der Waals surface area contributed by atoms with Crippen LogP contribution in [0.1, 0.15) is 106 Å². The zero-order valence-corrected chi connectivity index (χ0v) is 63.1. The number of aromatic nitrogens is 6. The van der Waals surface area contributed by atoms with Crippen molar-refractivity contribution >= 4 is 68.4 Å². The number of benzene rings is 10. The molecular formula is C91H87F3N12O8. The minimum Gasteiger partial charge on any atom is -0.481 e. The molecule has 6 heterocycles. The van der Waals surface area contributed by atoms with Crippen LogP contribution in [0.25, 0.3) is 49.8 Å². The van der Waals surface area contributed by atoms with Gasteiger partial charge in [0.25, 0.3) is 0 Å². The Balaban J connectivity index is 0.000000138. The van der Waals surface area contributed by atoms with Gasteiger partial charge in [-0.25, -0.2) is 32.0 Å². The molecule has 18 rings (SSSR count). The van der Waals surface area contributed by atoms with Crippen molar-refractivity contribution in [3.05, 3.63) is 324 Å². The van der Waals surface area contributed by atoms with Crippen molar-refractivity contribution in [2.75, 3.05) is 0 Å². The first-order chi connectivity index (χ1) is 55.1. The maximum atomic E-state index is 13.5. The van der Waals surface area contributed by atoms with E-state index in [1.54, 1.807) is 69.0 Å². The summed E-state index contributed by atoms with van der Waals surface area (Å²) in [5, 5.41) is 30.5. The van der Waals surface area contributed by atoms with E-state index in [2.05, 4.69) is 38.1 Å². The predicted octanol–water partition coefficient (Wildman–Crippen LogP) is 15.7. The number of nitrogens with zero attached hydrogens (tertiary/aromatic N) is 9. The van der Waals surface area contributed by atoms with Gasteiger partial charge in [0.15, 0.2) is 0 Å². The number of carboxylic acids is 1. The Bertz CT molecular complexity index is 5680. The first-order valence-electron chi connectivity index (χ1n) is 38.1. The van der Waals surface area contributed by atoms with E-state index in [0.29, 0.717) is 26.1 Å². The molecule has 0 radical (unpaired) electrons. The molecule has 3 saturated heterocycles. The van der Waals surface area contributed by atoms with E-state index in [0.717, 1.165) is 114 Å². The highest BCUT2D eigenvalue weighted by Gasteiger charge is 2.54. The first kappa shape index (κ1) is 76.4. The molecular weight excluding hydrogens is 1450 g/mol. The molecule has 3 aromatic heterocycles. The second-order valence-electron chi connectivity index (χ2n) is 30.2. The highest BCUT2D eigenvalue weighted by Crippen LogP contribution is 2.46. The third-order valence-corrected chi connectivity index (χ3v) is 22.7. The summed E-state index contributed by atoms with van der Waals surface area (Å²) in [6.07, 6.45) is 9.06. The molecule has 0 bridgehead atoms. The minimum atomic E-state index is -0.870. The van der Waals surface area contributed by atoms with Gasteiger partial charge in [0.2, 0.25) is 23.6 Å². The van der Waals surface area contributed by atoms with E-state index in [9.17, 15) is 41.9 Å². The third-order valence-electron chi connectivity index (χ3n) is 22.7. The third kappa shape index (κ3) is 16.0. The van der Waals surface area contributed by atoms with Crippen LogP contribution in [0.15, 0.2) is 267 Å². The van der Waals surface area contributed by atoms with Crippen LogP contribution >= 0.6 is 0 Å². The number of nitrogens with one attached hydrogen (secondary N) is 2. The molecule has 13 aromatic rings. The second-order valence-corrected chi connectivity index (χ2v) is 30.2. The lowest BCUT2D eigenvalue weighted by Gasteiger charge is -2.40. The normalized spacial score (nSPS) is 20.4. The fourth-order valence-electron chi connectivity index (χ4n) is 15.6. The van der Waals surface area contributed by atoms with Gasteiger partial charge in [-0.15, -0.1) is 0 Å². The van der Waals surface area contributed by atoms with Gasteiger partial charge in [0.1, 0.15) is 24.1 Å². The zero-order chi connectivity index (χ0) is 79.4. The van der Waals surface area contributed by atoms with Crippen LogP contribution in [0.2, 0.25) is 0 Å². The molecule has 20 nitrogen and oxygen atoms in total. The Morgan fingerprint density at radius 3 is 1.11 bits per heavy atom. The fraction of sp³-hybridized carbons (Fsp3) is 0.242. The predicted molar refractivity (Wildman–Crippen MR) is 429 cm³/mol. The average molecular weight is 1530 g/mol. The first-order valence-corrected chi connectivity index (χ1v) is 38.1. The molecule has 10 aromatic carbocycles. The van der Waals surface area contributed by atoms with Crippen LogP contribution in [0, 0.1) is 29.3 Å². The number of alkyl carbamates (subject to hydrolysis) is 1. The molecule has 0 unspecified atom stereocenters. The summed E-state index contributed by atoms with van der Waals surface area (Å²) < 4.78 is 51.0. The van der Waals surface area contributed by atoms with E-state index in [1.165, 1.54) is 36.4 Å². The molecule has 5 aliphatic rings. The quantitative estimate of drug-likeness (QED) is 0.0627. The van der Waals surface area contributed by atoms with Crippen LogP contribution in [0.5, 0.6) is 0 Å². The van der Waals surface area contributed by atoms with Gasteiger partial charge in [0, 0.05) is 68.4 Å². The van der Waals surface area contributed by atoms with Gasteiger partial charge < -0.3 is 40.9 Å². The number of aliphatic carboxylic acids is 1. The average Bonchev–Trinajstić information content (AvgIpc) is 1.61. The van der Waals surface area contributed by atoms with E-state index in [4.69, 9.17) is 15.6 Å². The summed E-state index contributed by atoms with van der Waals surface area (Å²) in [5.41, 5.74) is 16.0. The lowest BCUT2D eigenvalue weighted by Crippen LogP contribution is -2.52. The van der Waals surface area contributed by atoms with Crippen molar-refractivity contribution < 1.29 is 53.2 Å². The number of carboxylic acid groups (broad SMARTS) is 1. The maximum absolute atomic E-state index is 13.5. The molecule has 5 fully saturated rings. The Hall–Kier alpha value is -13.0. The number of nitrogens with two attached hydrogens (primary N) is 1. The Labute approximate surface area is 658 Å². The number of amides is 5. The van der Waals surface area contributed by atoms with E-state index in [-0.39, 0.29) is 85.9 Å². The second kappa shape index (κ2) is 32.4. The zero-order valence-electron chi connectivity index (χ0n) is 63.1. The number of carbonyl (C=O) groups excluding carboxylic acids is 5. The number of ether oxygens (including phenoxy) is 1. The van der Waals surface area contributed by atoms with Crippen molar-refractivity contribution in [3.8, 4) is 17.1 Å². The lowest BCUT2D eigenvalue weighted by molar-refractivity contribution is -0.138. The molecule has 23 heteroatoms. The summed E-state index contributed by atoms with van der Waals surface area (Å²) in [7, 11) is 0. The van der Waals surface area contributed by atoms with E-state index < -0.39 is 34.7 Å². The van der Waals surface area contributed by atoms with Crippen molar-refractivity contribution in [1.29, 1.82) is 0 Å². The smallest absolute Gasteiger partial charge is 0.407 e. The highest BCUT2D eigenvalue weighted by molar-refractivity contribution is 5.89. The molecule has 114 heavy (non-hydrogen) atoms. The number of hydrogen-bond donors (Lipinski definition) is 4. The Morgan fingerprint density at radius 1 is 0.439 bits per heavy atom. The van der Waals surface area contributed by atoms with Crippen LogP contribution < -0.4 is 16.4 Å². The topological polar surface area (TPSA) is 245 Å². The van der Waals surface area contributed by atoms with Crippen LogP contribution in [-0.2, 0) is 71.6 Å². The lowest BCUT2D eigenvalue weighted by atomic mass is 9.84. The SMILES string of the molecule is C[C@@]1(c2ccc3c(cnn3-c3ccc(F)cc3)c2)[C@@H](N)CC(=O)N1Cc1ccccc1.C[C@@]1(c2ccc3c(cnn3-c3ccc(F)cc3)c2)[C@@H](NC(=O)C2CC2)CC(=O)N1Cc1ccccc1.C[C@@]1(c2ccc3c(cnn3-c3ccc(F)cc3)c2)[C@@H](NC(=O)OCc2ccccc2)CC(=O)N1Cc1ccccc1.O=C(O)C1CC1.[HH]. The van der Waals surface area contributed by atoms with Crippen LogP contribution in [0.3, 0.4) is 0 Å². The number of halogens is 3. The largest absolute Gasteiger partial charge is 0.481 e. The van der Waals surface area contributed by atoms with Crippen LogP contribution in [-0.4, -0.2) is 103 Å². The maximum Gasteiger partial charge on any atom is 0.407 e. The summed E-state index contributed by atoms with van der Waals surface area (Å²) in [6.45, 7) is 7.55. The Kier molecular flexibility index (Phi) is 21.7. The van der Waals surface area contributed by atoms with Crippen LogP contribution in [0.4, 0.5) is 18.0 Å². The summed E-state index contributed by atoms with van der Waals surface area (Å²) in [6, 6.07) is 74.6. The number of carbonyl (C=O) groups is 6. The number of fused-ring (bicyclic) bond motifs is 3. The van der Waals surface area contributed by atoms with Gasteiger partial charge in [-0.05, 0) is 195 Å². The van der Waals surface area contributed by atoms with Gasteiger partial charge in [-0.2, -0.15) is 15.3 Å². The molecule has 5 N–H and O–H groups in total. The molecule has 0 spiro atoms. The minimum absolute atomic E-state index is 0. The number of likely N-dealkylation sites (tertiary alicyclic amines) is 3. The van der Waals surface area contributed by atoms with Crippen molar-refractivity contribution in [1.82, 2.24) is 54.7 Å². The molecule has 580 valence electrons. The summed E-state index contributed by atoms with van der Waals surface area (Å²) >= 11 is 0. The van der Waals surface area contributed by atoms with Gasteiger partial charge in [-0.1, -0.05) is 140 Å². The molecule has 2 aliphatic carbocycles. The molecule has 6 atom stereocenters. The molecule has 3 aliphatic heterocycles. The van der Waals surface area contributed by atoms with E-state index >= 15 is 0 Å². The monoisotopic (exact) mass is 1530 g/mol. The van der Waals surface area contributed by atoms with Gasteiger partial charge >= 0.3 is 12.1 Å². The van der Waals surface area contributed by atoms with Gasteiger partial charge in [0.05, 0.1) is 86.8 Å². The summed E-state index contributed by atoms with van der Waals surface area (Å²) in [4.78, 5) is 80.8. The summed E-state index contributed by atoms with van der Waals surface area (Å²) in [5.74, 6) is -1.40. The number of hydrogen-bond acceptors (Lipinski definition) is 11. The highest BCUT2D eigenvalue weighted by atomic mass is 19.1. The molecule has 5 amide bonds.